The Morgan fingerprint density at radius 3 is 1.86 bits per heavy atom. The Balaban J connectivity index is 0.000000251. The van der Waals surface area contributed by atoms with Crippen LogP contribution in [0.5, 0.6) is 0 Å². The Kier molecular flexibility index (Phi) is 8.83. The van der Waals surface area contributed by atoms with Crippen molar-refractivity contribution in [3.8, 4) is 0 Å². The Morgan fingerprint density at radius 2 is 1.34 bits per heavy atom. The molecule has 3 rings (SSSR count). The number of hydrogen-bond donors (Lipinski definition) is 3. The molecule has 0 amide bonds. The van der Waals surface area contributed by atoms with Crippen molar-refractivity contribution in [1.29, 1.82) is 0 Å². The number of aryl methyl sites for hydroxylation is 1. The summed E-state index contributed by atoms with van der Waals surface area (Å²) in [7, 11) is -7.26. The van der Waals surface area contributed by atoms with Gasteiger partial charge < -0.3 is 10.1 Å². The molecule has 0 bridgehead atoms. The van der Waals surface area contributed by atoms with Gasteiger partial charge in [-0.15, -0.1) is 0 Å². The number of anilines is 1. The fourth-order valence-corrected chi connectivity index (χ4v) is 7.12. The minimum absolute atomic E-state index is 0.0139. The summed E-state index contributed by atoms with van der Waals surface area (Å²) in [5, 5.41) is 0. The van der Waals surface area contributed by atoms with Crippen molar-refractivity contribution in [2.75, 3.05) is 5.73 Å². The summed E-state index contributed by atoms with van der Waals surface area (Å²) in [4.78, 5) is 8.21. The summed E-state index contributed by atoms with van der Waals surface area (Å²) in [5.41, 5.74) is 5.64. The van der Waals surface area contributed by atoms with Gasteiger partial charge in [0.1, 0.15) is 15.6 Å². The van der Waals surface area contributed by atoms with Gasteiger partial charge in [0.15, 0.2) is 5.65 Å². The van der Waals surface area contributed by atoms with Crippen LogP contribution in [0, 0.1) is 6.92 Å². The molecule has 0 saturated heterocycles. The van der Waals surface area contributed by atoms with Crippen molar-refractivity contribution in [1.82, 2.24) is 23.8 Å². The molecule has 0 fully saturated rings. The van der Waals surface area contributed by atoms with E-state index < -0.39 is 31.1 Å². The monoisotopic (exact) mass is 652 g/mol. The molecule has 3 heterocycles. The van der Waals surface area contributed by atoms with Gasteiger partial charge in [0.05, 0.1) is 5.69 Å². The topological polar surface area (TPSA) is 149 Å². The van der Waals surface area contributed by atoms with E-state index in [2.05, 4.69) is 51.3 Å². The molecule has 35 heavy (non-hydrogen) atoms. The number of sulfonamides is 2. The number of imidazole rings is 1. The smallest absolute Gasteiger partial charge is 0.244 e. The van der Waals surface area contributed by atoms with Crippen LogP contribution in [0.4, 0.5) is 5.82 Å². The zero-order valence-electron chi connectivity index (χ0n) is 20.5. The number of aromatic nitrogens is 3. The number of nitrogen functional groups attached to an aromatic ring is 1. The van der Waals surface area contributed by atoms with Gasteiger partial charge in [0.25, 0.3) is 0 Å². The molecule has 0 radical (unpaired) electrons. The van der Waals surface area contributed by atoms with E-state index in [4.69, 9.17) is 5.73 Å². The molecule has 14 heteroatoms. The minimum Gasteiger partial charge on any atom is -0.383 e. The summed E-state index contributed by atoms with van der Waals surface area (Å²) in [5.74, 6) is -0.0139. The highest BCUT2D eigenvalue weighted by atomic mass is 79.9. The van der Waals surface area contributed by atoms with Crippen molar-refractivity contribution >= 4 is 63.4 Å². The highest BCUT2D eigenvalue weighted by Crippen LogP contribution is 2.24. The lowest BCUT2D eigenvalue weighted by Crippen LogP contribution is -2.40. The van der Waals surface area contributed by atoms with Gasteiger partial charge in [-0.3, -0.25) is 0 Å². The number of nitrogens with two attached hydrogens (primary N) is 1. The Hall–Kier alpha value is -1.58. The molecule has 0 saturated carbocycles. The second kappa shape index (κ2) is 10.4. The van der Waals surface area contributed by atoms with E-state index in [0.717, 1.165) is 5.69 Å². The molecular weight excluding hydrogens is 624 g/mol. The van der Waals surface area contributed by atoms with Gasteiger partial charge >= 0.3 is 0 Å². The highest BCUT2D eigenvalue weighted by Gasteiger charge is 2.26. The number of nitrogens with zero attached hydrogens (tertiary/aromatic N) is 3. The molecule has 0 aromatic carbocycles. The third-order valence-electron chi connectivity index (χ3n) is 3.91. The first-order valence-electron chi connectivity index (χ1n) is 10.3. The van der Waals surface area contributed by atoms with E-state index in [1.807, 2.05) is 6.92 Å². The number of rotatable bonds is 4. The van der Waals surface area contributed by atoms with Crippen LogP contribution in [-0.4, -0.2) is 42.3 Å². The third kappa shape index (κ3) is 8.50. The maximum absolute atomic E-state index is 12.4. The summed E-state index contributed by atoms with van der Waals surface area (Å²) in [6.07, 6.45) is 5.02. The van der Waals surface area contributed by atoms with E-state index in [1.54, 1.807) is 64.4 Å². The normalized spacial score (nSPS) is 12.9. The maximum Gasteiger partial charge on any atom is 0.244 e. The molecule has 0 aliphatic rings. The van der Waals surface area contributed by atoms with Crippen LogP contribution in [0.2, 0.25) is 0 Å². The van der Waals surface area contributed by atoms with Gasteiger partial charge in [0.2, 0.25) is 20.0 Å². The van der Waals surface area contributed by atoms with Crippen molar-refractivity contribution in [2.24, 2.45) is 0 Å². The number of pyridine rings is 2. The molecule has 4 N–H and O–H groups in total. The second-order valence-corrected chi connectivity index (χ2v) is 15.0. The van der Waals surface area contributed by atoms with Crippen LogP contribution in [0.1, 0.15) is 47.2 Å². The van der Waals surface area contributed by atoms with Crippen LogP contribution in [-0.2, 0) is 20.0 Å². The van der Waals surface area contributed by atoms with Crippen molar-refractivity contribution in [3.05, 3.63) is 45.4 Å². The summed E-state index contributed by atoms with van der Waals surface area (Å²) < 4.78 is 56.9. The first kappa shape index (κ1) is 29.6. The fraction of sp³-hybridized carbons (Fsp3) is 0.429. The van der Waals surface area contributed by atoms with Crippen molar-refractivity contribution < 1.29 is 16.8 Å². The van der Waals surface area contributed by atoms with Gasteiger partial charge in [0, 0.05) is 38.6 Å². The predicted molar refractivity (Wildman–Crippen MR) is 144 cm³/mol. The number of hydrogen-bond acceptors (Lipinski definition) is 7. The summed E-state index contributed by atoms with van der Waals surface area (Å²) >= 11 is 6.48. The van der Waals surface area contributed by atoms with E-state index in [0.29, 0.717) is 14.6 Å². The molecule has 10 nitrogen and oxygen atoms in total. The summed E-state index contributed by atoms with van der Waals surface area (Å²) in [6, 6.07) is 2.99. The van der Waals surface area contributed by atoms with Gasteiger partial charge in [-0.25, -0.2) is 36.2 Å². The zero-order chi connectivity index (χ0) is 27.0. The van der Waals surface area contributed by atoms with Crippen LogP contribution in [0.3, 0.4) is 0 Å². The van der Waals surface area contributed by atoms with E-state index in [9.17, 15) is 16.8 Å². The van der Waals surface area contributed by atoms with E-state index in [1.165, 1.54) is 12.3 Å². The zero-order valence-corrected chi connectivity index (χ0v) is 25.3. The molecule has 0 unspecified atom stereocenters. The predicted octanol–water partition coefficient (Wildman–Crippen LogP) is 3.99. The highest BCUT2D eigenvalue weighted by molar-refractivity contribution is 9.10. The molecule has 0 spiro atoms. The van der Waals surface area contributed by atoms with Crippen LogP contribution in [0.25, 0.3) is 5.65 Å². The number of halogens is 2. The average Bonchev–Trinajstić information content (AvgIpc) is 2.99. The molecular formula is C21H30Br2N6O4S2. The third-order valence-corrected chi connectivity index (χ3v) is 8.33. The van der Waals surface area contributed by atoms with Crippen LogP contribution >= 0.6 is 31.9 Å². The van der Waals surface area contributed by atoms with Crippen molar-refractivity contribution in [2.45, 2.75) is 69.3 Å². The second-order valence-electron chi connectivity index (χ2n) is 9.88. The Labute approximate surface area is 223 Å². The van der Waals surface area contributed by atoms with Gasteiger partial charge in [-0.05, 0) is 92.5 Å². The molecule has 3 aromatic rings. The molecule has 0 aliphatic heterocycles. The number of nitrogens with one attached hydrogen (secondary N) is 2. The summed E-state index contributed by atoms with van der Waals surface area (Å²) in [6.45, 7) is 12.5. The lowest BCUT2D eigenvalue weighted by molar-refractivity contribution is 0.490. The maximum atomic E-state index is 12.4. The lowest BCUT2D eigenvalue weighted by Gasteiger charge is -2.20. The Morgan fingerprint density at radius 1 is 0.857 bits per heavy atom. The average molecular weight is 654 g/mol. The number of fused-ring (bicyclic) bond motifs is 1. The van der Waals surface area contributed by atoms with E-state index >= 15 is 0 Å². The van der Waals surface area contributed by atoms with Crippen LogP contribution < -0.4 is 15.2 Å². The van der Waals surface area contributed by atoms with Gasteiger partial charge in [-0.2, -0.15) is 0 Å². The van der Waals surface area contributed by atoms with E-state index in [-0.39, 0.29) is 15.6 Å². The minimum atomic E-state index is -3.64. The molecule has 3 aromatic heterocycles. The SMILES string of the molecule is CC(C)(C)NS(=O)(=O)c1cc(Br)cnc1N.Cc1cn2cc(Br)cc(S(=O)(=O)NC(C)(C)C)c2n1. The first-order chi connectivity index (χ1) is 15.7. The largest absolute Gasteiger partial charge is 0.383 e. The van der Waals surface area contributed by atoms with Crippen LogP contribution in [0.15, 0.2) is 49.5 Å². The molecule has 0 atom stereocenters. The fourth-order valence-electron chi connectivity index (χ4n) is 2.92. The molecule has 0 aliphatic carbocycles. The standard InChI is InChI=1S/C12H16BrN3O2S.C9H14BrN3O2S/c1-8-6-16-7-9(13)5-10(11(16)14-8)19(17,18)15-12(2,3)4;1-9(2,3)13-16(14,15)7-4-6(10)5-12-8(7)11/h5-7,15H,1-4H3;4-5,13H,1-3H3,(H2,11,12). The Bertz CT molecular complexity index is 1440. The first-order valence-corrected chi connectivity index (χ1v) is 14.9. The molecule has 194 valence electrons. The van der Waals surface area contributed by atoms with Crippen molar-refractivity contribution in [3.63, 3.8) is 0 Å². The quantitative estimate of drug-likeness (QED) is 0.386. The lowest BCUT2D eigenvalue weighted by atomic mass is 10.1. The van der Waals surface area contributed by atoms with Gasteiger partial charge in [-0.1, -0.05) is 0 Å².